The highest BCUT2D eigenvalue weighted by Crippen LogP contribution is 2.21. The molecule has 2 rings (SSSR count). The Labute approximate surface area is 98.1 Å². The maximum atomic E-state index is 6.41. The fourth-order valence-corrected chi connectivity index (χ4v) is 2.69. The largest absolute Gasteiger partial charge is 0.381 e. The lowest BCUT2D eigenvalue weighted by Gasteiger charge is -2.40. The summed E-state index contributed by atoms with van der Waals surface area (Å²) in [6.07, 6.45) is 4.26. The molecule has 0 saturated carbocycles. The third-order valence-corrected chi connectivity index (χ3v) is 3.87. The van der Waals surface area contributed by atoms with Gasteiger partial charge < -0.3 is 20.1 Å². The molecule has 4 heteroatoms. The van der Waals surface area contributed by atoms with Gasteiger partial charge in [0.05, 0.1) is 0 Å². The smallest absolute Gasteiger partial charge is 0.0484 e. The van der Waals surface area contributed by atoms with Crippen molar-refractivity contribution >= 4 is 0 Å². The van der Waals surface area contributed by atoms with Gasteiger partial charge in [-0.2, -0.15) is 0 Å². The van der Waals surface area contributed by atoms with Crippen molar-refractivity contribution in [1.29, 1.82) is 0 Å². The SMILES string of the molecule is CN(CC1(N)CCOCC1)C1CCOCC1. The molecule has 2 N–H and O–H groups in total. The zero-order valence-corrected chi connectivity index (χ0v) is 10.3. The van der Waals surface area contributed by atoms with E-state index in [4.69, 9.17) is 15.2 Å². The van der Waals surface area contributed by atoms with Crippen molar-refractivity contribution < 1.29 is 9.47 Å². The number of ether oxygens (including phenoxy) is 2. The van der Waals surface area contributed by atoms with Crippen molar-refractivity contribution in [1.82, 2.24) is 4.90 Å². The molecule has 0 aromatic carbocycles. The van der Waals surface area contributed by atoms with Crippen molar-refractivity contribution in [3.8, 4) is 0 Å². The van der Waals surface area contributed by atoms with Crippen molar-refractivity contribution in [2.75, 3.05) is 40.0 Å². The minimum absolute atomic E-state index is 0.0364. The van der Waals surface area contributed by atoms with Gasteiger partial charge in [0.15, 0.2) is 0 Å². The van der Waals surface area contributed by atoms with Gasteiger partial charge >= 0.3 is 0 Å². The molecule has 0 aromatic heterocycles. The lowest BCUT2D eigenvalue weighted by molar-refractivity contribution is 0.0110. The molecule has 16 heavy (non-hydrogen) atoms. The van der Waals surface area contributed by atoms with Crippen LogP contribution in [0.4, 0.5) is 0 Å². The minimum atomic E-state index is -0.0364. The summed E-state index contributed by atoms with van der Waals surface area (Å²) in [7, 11) is 2.19. The summed E-state index contributed by atoms with van der Waals surface area (Å²) >= 11 is 0. The van der Waals surface area contributed by atoms with Crippen LogP contribution >= 0.6 is 0 Å². The van der Waals surface area contributed by atoms with E-state index in [1.54, 1.807) is 0 Å². The highest BCUT2D eigenvalue weighted by atomic mass is 16.5. The molecule has 0 aromatic rings. The van der Waals surface area contributed by atoms with E-state index in [1.807, 2.05) is 0 Å². The highest BCUT2D eigenvalue weighted by Gasteiger charge is 2.31. The summed E-state index contributed by atoms with van der Waals surface area (Å²) < 4.78 is 10.8. The third-order valence-electron chi connectivity index (χ3n) is 3.87. The van der Waals surface area contributed by atoms with Gasteiger partial charge in [-0.15, -0.1) is 0 Å². The minimum Gasteiger partial charge on any atom is -0.381 e. The quantitative estimate of drug-likeness (QED) is 0.768. The first kappa shape index (κ1) is 12.3. The van der Waals surface area contributed by atoms with Gasteiger partial charge in [0.25, 0.3) is 0 Å². The maximum Gasteiger partial charge on any atom is 0.0484 e. The van der Waals surface area contributed by atoms with Gasteiger partial charge in [0.1, 0.15) is 0 Å². The number of nitrogens with two attached hydrogens (primary N) is 1. The molecule has 0 bridgehead atoms. The first-order valence-corrected chi connectivity index (χ1v) is 6.34. The second-order valence-corrected chi connectivity index (χ2v) is 5.23. The molecule has 0 amide bonds. The fraction of sp³-hybridized carbons (Fsp3) is 1.00. The molecule has 94 valence electrons. The first-order valence-electron chi connectivity index (χ1n) is 6.34. The summed E-state index contributed by atoms with van der Waals surface area (Å²) in [5.74, 6) is 0. The molecular weight excluding hydrogens is 204 g/mol. The van der Waals surface area contributed by atoms with Crippen molar-refractivity contribution in [3.63, 3.8) is 0 Å². The molecule has 4 nitrogen and oxygen atoms in total. The molecule has 0 atom stereocenters. The first-order chi connectivity index (χ1) is 7.70. The summed E-state index contributed by atoms with van der Waals surface area (Å²) in [4.78, 5) is 2.42. The Morgan fingerprint density at radius 1 is 1.12 bits per heavy atom. The topological polar surface area (TPSA) is 47.7 Å². The van der Waals surface area contributed by atoms with Crippen LogP contribution in [0.25, 0.3) is 0 Å². The Balaban J connectivity index is 1.82. The molecule has 2 aliphatic rings. The van der Waals surface area contributed by atoms with E-state index >= 15 is 0 Å². The number of rotatable bonds is 3. The molecule has 0 aliphatic carbocycles. The molecule has 2 fully saturated rings. The zero-order chi connectivity index (χ0) is 11.4. The third kappa shape index (κ3) is 3.17. The van der Waals surface area contributed by atoms with Gasteiger partial charge in [0.2, 0.25) is 0 Å². The van der Waals surface area contributed by atoms with Crippen LogP contribution in [0.2, 0.25) is 0 Å². The number of likely N-dealkylation sites (N-methyl/N-ethyl adjacent to an activating group) is 1. The lowest BCUT2D eigenvalue weighted by Crippen LogP contribution is -2.55. The van der Waals surface area contributed by atoms with Gasteiger partial charge in [-0.1, -0.05) is 0 Å². The van der Waals surface area contributed by atoms with Gasteiger partial charge in [-0.05, 0) is 32.7 Å². The van der Waals surface area contributed by atoms with Crippen LogP contribution in [-0.4, -0.2) is 56.5 Å². The van der Waals surface area contributed by atoms with E-state index in [2.05, 4.69) is 11.9 Å². The normalized spacial score (nSPS) is 27.2. The number of hydrogen-bond donors (Lipinski definition) is 1. The van der Waals surface area contributed by atoms with Crippen LogP contribution in [0.15, 0.2) is 0 Å². The Hall–Kier alpha value is -0.160. The second kappa shape index (κ2) is 5.45. The second-order valence-electron chi connectivity index (χ2n) is 5.23. The molecule has 0 radical (unpaired) electrons. The van der Waals surface area contributed by atoms with E-state index in [9.17, 15) is 0 Å². The Bertz CT molecular complexity index is 211. The van der Waals surface area contributed by atoms with Crippen LogP contribution < -0.4 is 5.73 Å². The molecule has 2 heterocycles. The van der Waals surface area contributed by atoms with Crippen molar-refractivity contribution in [3.05, 3.63) is 0 Å². The molecule has 2 saturated heterocycles. The standard InChI is InChI=1S/C12H24N2O2/c1-14(11-2-6-15-7-3-11)10-12(13)4-8-16-9-5-12/h11H,2-10,13H2,1H3. The van der Waals surface area contributed by atoms with Crippen molar-refractivity contribution in [2.24, 2.45) is 5.73 Å². The van der Waals surface area contributed by atoms with Crippen LogP contribution in [0.3, 0.4) is 0 Å². The van der Waals surface area contributed by atoms with E-state index in [0.717, 1.165) is 58.7 Å². The average molecular weight is 228 g/mol. The number of nitrogens with zero attached hydrogens (tertiary/aromatic N) is 1. The Morgan fingerprint density at radius 2 is 1.69 bits per heavy atom. The number of hydrogen-bond acceptors (Lipinski definition) is 4. The lowest BCUT2D eigenvalue weighted by atomic mass is 9.90. The molecule has 2 aliphatic heterocycles. The average Bonchev–Trinajstić information content (AvgIpc) is 2.30. The van der Waals surface area contributed by atoms with E-state index in [1.165, 1.54) is 0 Å². The van der Waals surface area contributed by atoms with Crippen LogP contribution in [0, 0.1) is 0 Å². The predicted octanol–water partition coefficient (Wildman–Crippen LogP) is 0.605. The summed E-state index contributed by atoms with van der Waals surface area (Å²) in [5.41, 5.74) is 6.38. The predicted molar refractivity (Wildman–Crippen MR) is 63.4 cm³/mol. The summed E-state index contributed by atoms with van der Waals surface area (Å²) in [6.45, 7) is 4.42. The maximum absolute atomic E-state index is 6.41. The van der Waals surface area contributed by atoms with Crippen LogP contribution in [0.1, 0.15) is 25.7 Å². The van der Waals surface area contributed by atoms with E-state index < -0.39 is 0 Å². The van der Waals surface area contributed by atoms with Gasteiger partial charge in [-0.3, -0.25) is 0 Å². The highest BCUT2D eigenvalue weighted by molar-refractivity contribution is 4.90. The van der Waals surface area contributed by atoms with Crippen LogP contribution in [-0.2, 0) is 9.47 Å². The monoisotopic (exact) mass is 228 g/mol. The van der Waals surface area contributed by atoms with Crippen molar-refractivity contribution in [2.45, 2.75) is 37.3 Å². The van der Waals surface area contributed by atoms with E-state index in [-0.39, 0.29) is 5.54 Å². The summed E-state index contributed by atoms with van der Waals surface area (Å²) in [5, 5.41) is 0. The van der Waals surface area contributed by atoms with Gasteiger partial charge in [-0.25, -0.2) is 0 Å². The Morgan fingerprint density at radius 3 is 2.31 bits per heavy atom. The fourth-order valence-electron chi connectivity index (χ4n) is 2.69. The van der Waals surface area contributed by atoms with E-state index in [0.29, 0.717) is 6.04 Å². The summed E-state index contributed by atoms with van der Waals surface area (Å²) in [6, 6.07) is 0.650. The van der Waals surface area contributed by atoms with Gasteiger partial charge in [0, 0.05) is 44.6 Å². The molecular formula is C12H24N2O2. The molecule has 0 spiro atoms. The zero-order valence-electron chi connectivity index (χ0n) is 10.3. The van der Waals surface area contributed by atoms with Crippen LogP contribution in [0.5, 0.6) is 0 Å². The Kier molecular flexibility index (Phi) is 4.19. The molecule has 0 unspecified atom stereocenters.